The second kappa shape index (κ2) is 14.2. The van der Waals surface area contributed by atoms with Crippen LogP contribution in [0.3, 0.4) is 0 Å². The van der Waals surface area contributed by atoms with E-state index in [-0.39, 0.29) is 5.96 Å². The molecule has 0 unspecified atom stereocenters. The van der Waals surface area contributed by atoms with Crippen molar-refractivity contribution < 1.29 is 14.2 Å². The highest BCUT2D eigenvalue weighted by Crippen LogP contribution is 2.18. The number of hydrogen-bond donors (Lipinski definition) is 2. The Morgan fingerprint density at radius 3 is 1.75 bits per heavy atom. The van der Waals surface area contributed by atoms with Crippen LogP contribution in [0, 0.1) is 0 Å². The molecule has 8 nitrogen and oxygen atoms in total. The molecule has 2 aromatic carbocycles. The number of hydrogen-bond acceptors (Lipinski definition) is 6. The Kier molecular flexibility index (Phi) is 10.3. The van der Waals surface area contributed by atoms with Gasteiger partial charge < -0.3 is 25.7 Å². The van der Waals surface area contributed by atoms with Crippen LogP contribution in [0.15, 0.2) is 59.6 Å². The fraction of sp³-hybridized carbons (Fsp3) is 0.250. The molecule has 0 radical (unpaired) electrons. The number of nitrogens with zero attached hydrogens (tertiary/aromatic N) is 3. The Morgan fingerprint density at radius 1 is 0.750 bits per heavy atom. The number of aromatic nitrogens is 2. The Hall–Kier alpha value is -4.33. The van der Waals surface area contributed by atoms with Crippen LogP contribution in [0.1, 0.15) is 41.8 Å². The highest BCUT2D eigenvalue weighted by atomic mass is 16.5. The Labute approximate surface area is 212 Å². The Bertz CT molecular complexity index is 1090. The summed E-state index contributed by atoms with van der Waals surface area (Å²) in [6, 6.07) is 17.9. The lowest BCUT2D eigenvalue weighted by Crippen LogP contribution is -2.22. The summed E-state index contributed by atoms with van der Waals surface area (Å²) in [7, 11) is 3.30. The lowest BCUT2D eigenvalue weighted by molar-refractivity contribution is 0.282. The van der Waals surface area contributed by atoms with Gasteiger partial charge in [0.25, 0.3) is 0 Å². The molecule has 0 amide bonds. The van der Waals surface area contributed by atoms with Gasteiger partial charge in [0.05, 0.1) is 32.2 Å². The predicted octanol–water partition coefficient (Wildman–Crippen LogP) is 4.66. The van der Waals surface area contributed by atoms with Crippen LogP contribution < -0.4 is 25.7 Å². The normalized spacial score (nSPS) is 11.1. The number of ether oxygens (including phenoxy) is 3. The summed E-state index contributed by atoms with van der Waals surface area (Å²) in [4.78, 5) is 13.1. The maximum Gasteiger partial charge on any atom is 0.317 e. The fourth-order valence-corrected chi connectivity index (χ4v) is 3.25. The van der Waals surface area contributed by atoms with Crippen LogP contribution in [-0.2, 0) is 0 Å². The zero-order valence-corrected chi connectivity index (χ0v) is 20.8. The minimum atomic E-state index is 0.120. The second-order valence-corrected chi connectivity index (χ2v) is 7.93. The molecule has 4 N–H and O–H groups in total. The molecule has 0 bridgehead atoms. The predicted molar refractivity (Wildman–Crippen MR) is 146 cm³/mol. The molecule has 0 aliphatic carbocycles. The summed E-state index contributed by atoms with van der Waals surface area (Å²) in [5.41, 5.74) is 14.3. The van der Waals surface area contributed by atoms with E-state index >= 15 is 0 Å². The van der Waals surface area contributed by atoms with Crippen LogP contribution in [0.25, 0.3) is 24.3 Å². The van der Waals surface area contributed by atoms with Gasteiger partial charge in [-0.2, -0.15) is 9.97 Å². The molecule has 36 heavy (non-hydrogen) atoms. The first kappa shape index (κ1) is 26.3. The van der Waals surface area contributed by atoms with Crippen molar-refractivity contribution in [3.8, 4) is 17.5 Å². The van der Waals surface area contributed by atoms with E-state index < -0.39 is 0 Å². The van der Waals surface area contributed by atoms with Gasteiger partial charge in [0, 0.05) is 6.54 Å². The molecule has 0 fully saturated rings. The maximum absolute atomic E-state index is 5.87. The minimum Gasteiger partial charge on any atom is -0.497 e. The van der Waals surface area contributed by atoms with Gasteiger partial charge >= 0.3 is 6.01 Å². The number of unbranched alkanes of at least 4 members (excludes halogenated alkanes) is 2. The number of nitrogens with two attached hydrogens (primary N) is 2. The lowest BCUT2D eigenvalue weighted by Gasteiger charge is -2.07. The first-order valence-electron chi connectivity index (χ1n) is 11.8. The molecule has 0 aliphatic rings. The third-order valence-corrected chi connectivity index (χ3v) is 5.20. The third kappa shape index (κ3) is 9.13. The summed E-state index contributed by atoms with van der Waals surface area (Å²) in [6.45, 7) is 1.12. The second-order valence-electron chi connectivity index (χ2n) is 7.93. The van der Waals surface area contributed by atoms with Crippen LogP contribution in [0.2, 0.25) is 0 Å². The molecular weight excluding hydrogens is 454 g/mol. The summed E-state index contributed by atoms with van der Waals surface area (Å²) in [5, 5.41) is 0. The number of methoxy groups -OCH3 is 2. The van der Waals surface area contributed by atoms with E-state index in [0.717, 1.165) is 53.3 Å². The SMILES string of the molecule is COc1ccc(C=Cc2cc(C=Cc3ccc(OC)cc3)nc(OCCCCCN=C(N)N)n2)cc1. The average Bonchev–Trinajstić information content (AvgIpc) is 2.90. The molecule has 0 saturated carbocycles. The highest BCUT2D eigenvalue weighted by Gasteiger charge is 2.04. The summed E-state index contributed by atoms with van der Waals surface area (Å²) >= 11 is 0. The largest absolute Gasteiger partial charge is 0.497 e. The zero-order chi connectivity index (χ0) is 25.6. The van der Waals surface area contributed by atoms with Gasteiger partial charge in [-0.05, 0) is 72.9 Å². The molecule has 1 aromatic heterocycles. The molecule has 1 heterocycles. The molecular formula is C28H33N5O3. The molecule has 0 atom stereocenters. The van der Waals surface area contributed by atoms with Gasteiger partial charge in [-0.15, -0.1) is 0 Å². The molecule has 188 valence electrons. The summed E-state index contributed by atoms with van der Waals surface area (Å²) in [5.74, 6) is 1.75. The standard InChI is InChI=1S/C28H33N5O3/c1-34-25-14-8-21(9-15-25)6-12-23-20-24(13-7-22-10-16-26(35-2)17-11-22)33-28(32-23)36-19-5-3-4-18-31-27(29)30/h6-17,20H,3-5,18-19H2,1-2H3,(H4,29,30,31). The van der Waals surface area contributed by atoms with E-state index in [2.05, 4.69) is 15.0 Å². The van der Waals surface area contributed by atoms with E-state index in [1.54, 1.807) is 14.2 Å². The van der Waals surface area contributed by atoms with E-state index in [1.165, 1.54) is 0 Å². The van der Waals surface area contributed by atoms with E-state index in [0.29, 0.717) is 19.2 Å². The van der Waals surface area contributed by atoms with Crippen molar-refractivity contribution in [1.82, 2.24) is 9.97 Å². The molecule has 0 aliphatic heterocycles. The zero-order valence-electron chi connectivity index (χ0n) is 20.8. The summed E-state index contributed by atoms with van der Waals surface area (Å²) in [6.07, 6.45) is 10.6. The van der Waals surface area contributed by atoms with Crippen molar-refractivity contribution >= 4 is 30.3 Å². The van der Waals surface area contributed by atoms with Gasteiger partial charge in [-0.1, -0.05) is 36.4 Å². The van der Waals surface area contributed by atoms with Crippen LogP contribution in [-0.4, -0.2) is 43.3 Å². The third-order valence-electron chi connectivity index (χ3n) is 5.20. The molecule has 0 saturated heterocycles. The number of rotatable bonds is 13. The number of benzene rings is 2. The van der Waals surface area contributed by atoms with Gasteiger partial charge in [0.15, 0.2) is 5.96 Å². The van der Waals surface area contributed by atoms with Crippen molar-refractivity contribution in [2.45, 2.75) is 19.3 Å². The highest BCUT2D eigenvalue weighted by molar-refractivity contribution is 5.75. The molecule has 3 aromatic rings. The smallest absolute Gasteiger partial charge is 0.317 e. The minimum absolute atomic E-state index is 0.120. The van der Waals surface area contributed by atoms with Crippen LogP contribution in [0.4, 0.5) is 0 Å². The first-order chi connectivity index (χ1) is 17.6. The first-order valence-corrected chi connectivity index (χ1v) is 11.8. The van der Waals surface area contributed by atoms with Crippen molar-refractivity contribution in [3.63, 3.8) is 0 Å². The summed E-state index contributed by atoms with van der Waals surface area (Å²) < 4.78 is 16.3. The van der Waals surface area contributed by atoms with Crippen LogP contribution in [0.5, 0.6) is 17.5 Å². The monoisotopic (exact) mass is 487 g/mol. The number of guanidine groups is 1. The van der Waals surface area contributed by atoms with Crippen molar-refractivity contribution in [1.29, 1.82) is 0 Å². The van der Waals surface area contributed by atoms with Crippen molar-refractivity contribution in [2.75, 3.05) is 27.4 Å². The molecule has 3 rings (SSSR count). The molecule has 0 spiro atoms. The fourth-order valence-electron chi connectivity index (χ4n) is 3.25. The van der Waals surface area contributed by atoms with E-state index in [4.69, 9.17) is 25.7 Å². The Balaban J connectivity index is 1.71. The van der Waals surface area contributed by atoms with Gasteiger partial charge in [-0.3, -0.25) is 4.99 Å². The van der Waals surface area contributed by atoms with E-state index in [9.17, 15) is 0 Å². The van der Waals surface area contributed by atoms with Gasteiger partial charge in [0.2, 0.25) is 0 Å². The average molecular weight is 488 g/mol. The van der Waals surface area contributed by atoms with Gasteiger partial charge in [0.1, 0.15) is 11.5 Å². The van der Waals surface area contributed by atoms with Crippen LogP contribution >= 0.6 is 0 Å². The van der Waals surface area contributed by atoms with Crippen molar-refractivity contribution in [2.24, 2.45) is 16.5 Å². The van der Waals surface area contributed by atoms with Gasteiger partial charge in [-0.25, -0.2) is 0 Å². The topological polar surface area (TPSA) is 118 Å². The molecule has 8 heteroatoms. The maximum atomic E-state index is 5.87. The van der Waals surface area contributed by atoms with E-state index in [1.807, 2.05) is 78.9 Å². The quantitative estimate of drug-likeness (QED) is 0.205. The lowest BCUT2D eigenvalue weighted by atomic mass is 10.1. The number of aliphatic imine (C=N–C) groups is 1. The Morgan fingerprint density at radius 2 is 1.28 bits per heavy atom. The van der Waals surface area contributed by atoms with Crippen molar-refractivity contribution in [3.05, 3.63) is 77.1 Å².